The van der Waals surface area contributed by atoms with Gasteiger partial charge in [-0.2, -0.15) is 4.99 Å². The highest BCUT2D eigenvalue weighted by atomic mass is 16.5. The van der Waals surface area contributed by atoms with E-state index >= 15 is 0 Å². The molecule has 1 aromatic heterocycles. The topological polar surface area (TPSA) is 39.4 Å². The van der Waals surface area contributed by atoms with Gasteiger partial charge in [0.1, 0.15) is 0 Å². The van der Waals surface area contributed by atoms with E-state index in [1.54, 1.807) is 0 Å². The molecule has 4 heteroatoms. The van der Waals surface area contributed by atoms with Crippen molar-refractivity contribution in [2.75, 3.05) is 0 Å². The number of imidazole rings is 1. The Kier molecular flexibility index (Phi) is 2.02. The Labute approximate surface area is 99.9 Å². The van der Waals surface area contributed by atoms with Crippen molar-refractivity contribution in [2.24, 2.45) is 4.99 Å². The first-order valence-electron chi connectivity index (χ1n) is 5.86. The quantitative estimate of drug-likeness (QED) is 0.753. The molecule has 2 heterocycles. The van der Waals surface area contributed by atoms with E-state index in [1.165, 1.54) is 0 Å². The number of hydrogen-bond acceptors (Lipinski definition) is 3. The lowest BCUT2D eigenvalue weighted by Crippen LogP contribution is -2.36. The van der Waals surface area contributed by atoms with Crippen molar-refractivity contribution >= 4 is 22.9 Å². The zero-order chi connectivity index (χ0) is 12.0. The molecule has 0 saturated carbocycles. The number of hydrogen-bond donors (Lipinski definition) is 0. The fourth-order valence-electron chi connectivity index (χ4n) is 2.31. The number of ether oxygens (including phenoxy) is 1. The van der Waals surface area contributed by atoms with E-state index in [-0.39, 0.29) is 0 Å². The summed E-state index contributed by atoms with van der Waals surface area (Å²) in [5, 5.41) is 0. The van der Waals surface area contributed by atoms with Crippen molar-refractivity contribution < 1.29 is 4.74 Å². The van der Waals surface area contributed by atoms with Crippen LogP contribution in [0.5, 0.6) is 0 Å². The Balaban J connectivity index is 2.38. The molecule has 0 fully saturated rings. The molecule has 0 aliphatic carbocycles. The molecule has 1 atom stereocenters. The van der Waals surface area contributed by atoms with Crippen molar-refractivity contribution in [2.45, 2.75) is 32.9 Å². The van der Waals surface area contributed by atoms with Gasteiger partial charge in [0.15, 0.2) is 11.6 Å². The van der Waals surface area contributed by atoms with Crippen molar-refractivity contribution in [3.63, 3.8) is 0 Å². The van der Waals surface area contributed by atoms with Crippen LogP contribution in [0.3, 0.4) is 0 Å². The zero-order valence-corrected chi connectivity index (χ0v) is 10.3. The monoisotopic (exact) mass is 229 g/mol. The molecule has 0 N–H and O–H groups in total. The van der Waals surface area contributed by atoms with Crippen LogP contribution in [-0.2, 0) is 10.5 Å². The first kappa shape index (κ1) is 10.3. The van der Waals surface area contributed by atoms with Crippen molar-refractivity contribution in [3.05, 3.63) is 24.3 Å². The van der Waals surface area contributed by atoms with Crippen LogP contribution in [0, 0.1) is 0 Å². The van der Waals surface area contributed by atoms with E-state index in [4.69, 9.17) is 4.74 Å². The number of aromatic nitrogens is 2. The SMILES string of the molecule is CCC1(C)OC(C)=Nc2nc3ccccc3n21. The van der Waals surface area contributed by atoms with Gasteiger partial charge in [0.2, 0.25) is 5.95 Å². The van der Waals surface area contributed by atoms with Crippen LogP contribution in [0.2, 0.25) is 0 Å². The van der Waals surface area contributed by atoms with Gasteiger partial charge in [0.05, 0.1) is 11.0 Å². The molecule has 17 heavy (non-hydrogen) atoms. The molecule has 2 aromatic rings. The van der Waals surface area contributed by atoms with E-state index in [9.17, 15) is 0 Å². The van der Waals surface area contributed by atoms with Gasteiger partial charge < -0.3 is 4.74 Å². The standard InChI is InChI=1S/C13H15N3O/c1-4-13(3)16-11-8-6-5-7-10(11)15-12(16)14-9(2)17-13/h5-8H,4H2,1-3H3. The minimum atomic E-state index is -0.392. The second kappa shape index (κ2) is 3.32. The summed E-state index contributed by atoms with van der Waals surface area (Å²) in [7, 11) is 0. The van der Waals surface area contributed by atoms with Crippen molar-refractivity contribution in [1.29, 1.82) is 0 Å². The molecule has 3 rings (SSSR count). The summed E-state index contributed by atoms with van der Waals surface area (Å²) in [6, 6.07) is 8.06. The van der Waals surface area contributed by atoms with Crippen LogP contribution in [0.4, 0.5) is 5.95 Å². The predicted molar refractivity (Wildman–Crippen MR) is 67.5 cm³/mol. The average Bonchev–Trinajstić information content (AvgIpc) is 2.67. The summed E-state index contributed by atoms with van der Waals surface area (Å²) in [5.74, 6) is 1.41. The zero-order valence-electron chi connectivity index (χ0n) is 10.3. The molecule has 1 aliphatic rings. The van der Waals surface area contributed by atoms with Gasteiger partial charge in [0, 0.05) is 13.3 Å². The summed E-state index contributed by atoms with van der Waals surface area (Å²) in [5.41, 5.74) is 1.64. The number of fused-ring (bicyclic) bond motifs is 3. The Morgan fingerprint density at radius 2 is 2.12 bits per heavy atom. The van der Waals surface area contributed by atoms with Gasteiger partial charge in [-0.3, -0.25) is 4.57 Å². The fraction of sp³-hybridized carbons (Fsp3) is 0.385. The third-order valence-electron chi connectivity index (χ3n) is 3.30. The van der Waals surface area contributed by atoms with E-state index in [0.29, 0.717) is 5.90 Å². The highest BCUT2D eigenvalue weighted by Crippen LogP contribution is 2.36. The Morgan fingerprint density at radius 3 is 2.88 bits per heavy atom. The maximum Gasteiger partial charge on any atom is 0.236 e. The Bertz CT molecular complexity index is 614. The molecule has 0 amide bonds. The number of nitrogens with zero attached hydrogens (tertiary/aromatic N) is 3. The summed E-state index contributed by atoms with van der Waals surface area (Å²) in [6.07, 6.45) is 0.868. The maximum atomic E-state index is 5.89. The predicted octanol–water partition coefficient (Wildman–Crippen LogP) is 3.20. The molecule has 0 spiro atoms. The van der Waals surface area contributed by atoms with Crippen LogP contribution in [0.25, 0.3) is 11.0 Å². The molecule has 1 unspecified atom stereocenters. The largest absolute Gasteiger partial charge is 0.455 e. The van der Waals surface area contributed by atoms with E-state index < -0.39 is 5.72 Å². The highest BCUT2D eigenvalue weighted by Gasteiger charge is 2.34. The summed E-state index contributed by atoms with van der Waals surface area (Å²) in [6.45, 7) is 6.05. The molecule has 1 aliphatic heterocycles. The lowest BCUT2D eigenvalue weighted by atomic mass is 10.1. The normalized spacial score (nSPS) is 23.1. The van der Waals surface area contributed by atoms with Gasteiger partial charge in [-0.15, -0.1) is 0 Å². The molecule has 4 nitrogen and oxygen atoms in total. The van der Waals surface area contributed by atoms with Crippen molar-refractivity contribution in [3.8, 4) is 0 Å². The van der Waals surface area contributed by atoms with Gasteiger partial charge in [-0.05, 0) is 19.1 Å². The minimum Gasteiger partial charge on any atom is -0.455 e. The average molecular weight is 229 g/mol. The van der Waals surface area contributed by atoms with Crippen LogP contribution in [0.15, 0.2) is 29.3 Å². The number of benzene rings is 1. The molecule has 0 radical (unpaired) electrons. The Morgan fingerprint density at radius 1 is 1.35 bits per heavy atom. The fourth-order valence-corrected chi connectivity index (χ4v) is 2.31. The second-order valence-electron chi connectivity index (χ2n) is 4.50. The second-order valence-corrected chi connectivity index (χ2v) is 4.50. The summed E-state index contributed by atoms with van der Waals surface area (Å²) < 4.78 is 7.97. The van der Waals surface area contributed by atoms with Gasteiger partial charge >= 0.3 is 0 Å². The van der Waals surface area contributed by atoms with Crippen LogP contribution < -0.4 is 0 Å². The minimum absolute atomic E-state index is 0.392. The number of para-hydroxylation sites is 2. The first-order valence-corrected chi connectivity index (χ1v) is 5.86. The maximum absolute atomic E-state index is 5.89. The van der Waals surface area contributed by atoms with Gasteiger partial charge in [0.25, 0.3) is 0 Å². The number of rotatable bonds is 1. The molecular formula is C13H15N3O. The van der Waals surface area contributed by atoms with Crippen molar-refractivity contribution in [1.82, 2.24) is 9.55 Å². The lowest BCUT2D eigenvalue weighted by molar-refractivity contribution is -0.00812. The highest BCUT2D eigenvalue weighted by molar-refractivity contribution is 5.83. The van der Waals surface area contributed by atoms with Crippen LogP contribution in [0.1, 0.15) is 27.2 Å². The summed E-state index contributed by atoms with van der Waals surface area (Å²) in [4.78, 5) is 8.92. The summed E-state index contributed by atoms with van der Waals surface area (Å²) >= 11 is 0. The smallest absolute Gasteiger partial charge is 0.236 e. The molecular weight excluding hydrogens is 214 g/mol. The van der Waals surface area contributed by atoms with Crippen LogP contribution >= 0.6 is 0 Å². The lowest BCUT2D eigenvalue weighted by Gasteiger charge is -2.34. The van der Waals surface area contributed by atoms with E-state index in [2.05, 4.69) is 34.5 Å². The third kappa shape index (κ3) is 1.37. The first-order chi connectivity index (χ1) is 8.14. The number of aliphatic imine (C=N–C) groups is 1. The third-order valence-corrected chi connectivity index (χ3v) is 3.30. The van der Waals surface area contributed by atoms with Gasteiger partial charge in [-0.1, -0.05) is 19.1 Å². The molecule has 88 valence electrons. The molecule has 0 bridgehead atoms. The molecule has 0 saturated heterocycles. The molecule has 1 aromatic carbocycles. The van der Waals surface area contributed by atoms with Crippen LogP contribution in [-0.4, -0.2) is 15.4 Å². The van der Waals surface area contributed by atoms with Gasteiger partial charge in [-0.25, -0.2) is 4.98 Å². The van der Waals surface area contributed by atoms with E-state index in [1.807, 2.05) is 25.1 Å². The Hall–Kier alpha value is -1.84. The van der Waals surface area contributed by atoms with E-state index in [0.717, 1.165) is 23.4 Å².